The van der Waals surface area contributed by atoms with Crippen LogP contribution in [0.5, 0.6) is 0 Å². The van der Waals surface area contributed by atoms with Gasteiger partial charge in [0.1, 0.15) is 11.5 Å². The Hall–Kier alpha value is -3.26. The highest BCUT2D eigenvalue weighted by atomic mass is 16.5. The molecule has 166 valence electrons. The number of benzene rings is 1. The predicted molar refractivity (Wildman–Crippen MR) is 104 cm³/mol. The molecular weight excluding hydrogens is 412 g/mol. The minimum atomic E-state index is -1.95. The third-order valence-corrected chi connectivity index (χ3v) is 4.29. The number of Topliss-reactive ketones (excluding diaryl/α,β-unsaturated/α-hetero) is 2. The summed E-state index contributed by atoms with van der Waals surface area (Å²) in [4.78, 5) is 35.7. The van der Waals surface area contributed by atoms with Gasteiger partial charge in [-0.05, 0) is 23.8 Å². The SMILES string of the molecule is O=C(CNNC(=O)c1cccc(/C=C/C(O)c2cc2=NO)c1)C(=O)C(O)C(CO)NO. The van der Waals surface area contributed by atoms with Crippen LogP contribution in [0, 0.1) is 0 Å². The number of nitrogens with one attached hydrogen (secondary N) is 3. The van der Waals surface area contributed by atoms with Crippen molar-refractivity contribution < 1.29 is 40.1 Å². The standard InChI is InChI=1S/C19H22N4O8/c24-9-14(23-31)17(27)18(28)16(26)8-20-21-19(29)11-3-1-2-10(6-11)4-5-15(25)12-7-13(12)22-30/h1-7,14-15,17,20,23-25,27,30-31H,8-9H2,(H,21,29)/b5-4+,22-13?. The fourth-order valence-corrected chi connectivity index (χ4v) is 2.45. The Morgan fingerprint density at radius 2 is 1.90 bits per heavy atom. The van der Waals surface area contributed by atoms with Crippen molar-refractivity contribution in [3.8, 4) is 0 Å². The van der Waals surface area contributed by atoms with E-state index in [1.807, 2.05) is 0 Å². The van der Waals surface area contributed by atoms with Crippen molar-refractivity contribution in [1.82, 2.24) is 16.3 Å². The quantitative estimate of drug-likeness (QED) is 0.102. The van der Waals surface area contributed by atoms with Crippen LogP contribution in [-0.4, -0.2) is 68.5 Å². The molecule has 2 aromatic rings. The van der Waals surface area contributed by atoms with Gasteiger partial charge in [-0.3, -0.25) is 19.8 Å². The van der Waals surface area contributed by atoms with Gasteiger partial charge in [0.05, 0.1) is 25.3 Å². The van der Waals surface area contributed by atoms with Crippen LogP contribution < -0.4 is 21.7 Å². The first-order valence-electron chi connectivity index (χ1n) is 9.01. The first-order valence-corrected chi connectivity index (χ1v) is 9.01. The van der Waals surface area contributed by atoms with Crippen LogP contribution in [0.2, 0.25) is 0 Å². The average Bonchev–Trinajstić information content (AvgIpc) is 3.57. The van der Waals surface area contributed by atoms with Crippen LogP contribution in [0.4, 0.5) is 0 Å². The zero-order valence-electron chi connectivity index (χ0n) is 16.1. The Morgan fingerprint density at radius 1 is 1.16 bits per heavy atom. The summed E-state index contributed by atoms with van der Waals surface area (Å²) in [7, 11) is 0. The monoisotopic (exact) mass is 434 g/mol. The molecular formula is C19H22N4O8. The molecule has 12 nitrogen and oxygen atoms in total. The van der Waals surface area contributed by atoms with Crippen molar-refractivity contribution in [1.29, 1.82) is 0 Å². The molecule has 0 bridgehead atoms. The van der Waals surface area contributed by atoms with E-state index in [0.29, 0.717) is 16.5 Å². The number of hydrazine groups is 1. The van der Waals surface area contributed by atoms with Crippen LogP contribution in [0.3, 0.4) is 0 Å². The zero-order chi connectivity index (χ0) is 23.0. The van der Waals surface area contributed by atoms with Crippen LogP contribution >= 0.6 is 0 Å². The number of ketones is 2. The highest BCUT2D eigenvalue weighted by Crippen LogP contribution is 2.16. The summed E-state index contributed by atoms with van der Waals surface area (Å²) in [5, 5.41) is 49.0. The summed E-state index contributed by atoms with van der Waals surface area (Å²) in [6, 6.07) is 6.39. The van der Waals surface area contributed by atoms with Gasteiger partial charge in [0.25, 0.3) is 5.91 Å². The largest absolute Gasteiger partial charge is 0.410 e. The topological polar surface area (TPSA) is 201 Å². The number of rotatable bonds is 12. The lowest BCUT2D eigenvalue weighted by molar-refractivity contribution is -0.143. The highest BCUT2D eigenvalue weighted by Gasteiger charge is 2.29. The molecule has 1 amide bonds. The Labute approximate surface area is 175 Å². The van der Waals surface area contributed by atoms with Gasteiger partial charge in [0.15, 0.2) is 0 Å². The summed E-state index contributed by atoms with van der Waals surface area (Å²) in [6.07, 6.45) is 0.121. The molecule has 0 aliphatic rings. The van der Waals surface area contributed by atoms with Crippen LogP contribution in [0.25, 0.3) is 6.08 Å². The van der Waals surface area contributed by atoms with Crippen LogP contribution in [0.15, 0.2) is 41.6 Å². The summed E-state index contributed by atoms with van der Waals surface area (Å²) >= 11 is 0. The van der Waals surface area contributed by atoms with Gasteiger partial charge in [-0.25, -0.2) is 5.43 Å². The van der Waals surface area contributed by atoms with Gasteiger partial charge in [0.2, 0.25) is 11.6 Å². The van der Waals surface area contributed by atoms with Crippen molar-refractivity contribution in [2.24, 2.45) is 5.16 Å². The molecule has 3 unspecified atom stereocenters. The number of hydroxylamine groups is 1. The fourth-order valence-electron chi connectivity index (χ4n) is 2.45. The number of aliphatic hydroxyl groups excluding tert-OH is 3. The maximum atomic E-state index is 12.2. The molecule has 0 spiro atoms. The lowest BCUT2D eigenvalue weighted by Gasteiger charge is -2.17. The number of carbonyl (C=O) groups is 3. The van der Waals surface area contributed by atoms with Crippen molar-refractivity contribution in [3.05, 3.63) is 58.5 Å². The number of amides is 1. The van der Waals surface area contributed by atoms with Gasteiger partial charge in [-0.1, -0.05) is 29.4 Å². The molecule has 0 aromatic heterocycles. The molecule has 0 saturated carbocycles. The van der Waals surface area contributed by atoms with E-state index in [-0.39, 0.29) is 5.56 Å². The van der Waals surface area contributed by atoms with E-state index in [1.54, 1.807) is 18.2 Å². The predicted octanol–water partition coefficient (Wildman–Crippen LogP) is -2.33. The molecule has 31 heavy (non-hydrogen) atoms. The van der Waals surface area contributed by atoms with Gasteiger partial charge < -0.3 is 25.7 Å². The van der Waals surface area contributed by atoms with E-state index in [2.05, 4.69) is 16.0 Å². The number of aliphatic hydroxyl groups is 3. The van der Waals surface area contributed by atoms with E-state index in [1.165, 1.54) is 29.8 Å². The van der Waals surface area contributed by atoms with Crippen LogP contribution in [-0.2, 0) is 9.59 Å². The smallest absolute Gasteiger partial charge is 0.265 e. The van der Waals surface area contributed by atoms with Crippen molar-refractivity contribution >= 4 is 23.5 Å². The van der Waals surface area contributed by atoms with Crippen molar-refractivity contribution in [3.63, 3.8) is 0 Å². The number of hydrogen-bond donors (Lipinski definition) is 8. The van der Waals surface area contributed by atoms with Crippen molar-refractivity contribution in [2.75, 3.05) is 13.2 Å². The summed E-state index contributed by atoms with van der Waals surface area (Å²) in [5.41, 5.74) is 7.32. The molecule has 2 aromatic carbocycles. The van der Waals surface area contributed by atoms with E-state index in [4.69, 9.17) is 15.5 Å². The molecule has 12 heteroatoms. The lowest BCUT2D eigenvalue weighted by atomic mass is 10.1. The molecule has 2 rings (SSSR count). The van der Waals surface area contributed by atoms with Gasteiger partial charge >= 0.3 is 0 Å². The Bertz CT molecular complexity index is 975. The van der Waals surface area contributed by atoms with Gasteiger partial charge in [0, 0.05) is 11.1 Å². The van der Waals surface area contributed by atoms with Gasteiger partial charge in [-0.15, -0.1) is 0 Å². The minimum Gasteiger partial charge on any atom is -0.410 e. The second kappa shape index (κ2) is 11.2. The zero-order valence-corrected chi connectivity index (χ0v) is 16.1. The number of hydrogen-bond acceptors (Lipinski definition) is 11. The summed E-state index contributed by atoms with van der Waals surface area (Å²) < 4.78 is 0. The molecule has 0 heterocycles. The van der Waals surface area contributed by atoms with Crippen molar-refractivity contribution in [2.45, 2.75) is 18.2 Å². The second-order valence-electron chi connectivity index (χ2n) is 6.47. The highest BCUT2D eigenvalue weighted by molar-refractivity contribution is 6.39. The summed E-state index contributed by atoms with van der Waals surface area (Å²) in [5.74, 6) is -2.94. The number of nitrogens with zero attached hydrogens (tertiary/aromatic N) is 1. The lowest BCUT2D eigenvalue weighted by Crippen LogP contribution is -2.50. The third kappa shape index (κ3) is 6.62. The maximum absolute atomic E-state index is 12.2. The van der Waals surface area contributed by atoms with E-state index < -0.39 is 48.9 Å². The Kier molecular flexibility index (Phi) is 8.69. The van der Waals surface area contributed by atoms with Crippen LogP contribution in [0.1, 0.15) is 27.6 Å². The first kappa shape index (κ1) is 24.0. The molecule has 0 radical (unpaired) electrons. The normalized spacial score (nSPS) is 15.2. The molecule has 3 atom stereocenters. The Morgan fingerprint density at radius 3 is 2.52 bits per heavy atom. The molecule has 0 aliphatic carbocycles. The fraction of sp³-hybridized carbons (Fsp3) is 0.263. The second-order valence-corrected chi connectivity index (χ2v) is 6.47. The third-order valence-electron chi connectivity index (χ3n) is 4.29. The number of carbonyl (C=O) groups excluding carboxylic acids is 3. The average molecular weight is 434 g/mol. The minimum absolute atomic E-state index is 0.219. The summed E-state index contributed by atoms with van der Waals surface area (Å²) in [6.45, 7) is -1.41. The molecule has 0 fully saturated rings. The van der Waals surface area contributed by atoms with E-state index in [0.717, 1.165) is 0 Å². The van der Waals surface area contributed by atoms with Gasteiger partial charge in [-0.2, -0.15) is 5.48 Å². The first-order chi connectivity index (χ1) is 14.8. The molecule has 0 aliphatic heterocycles. The van der Waals surface area contributed by atoms with E-state index in [9.17, 15) is 24.6 Å². The molecule has 0 saturated heterocycles. The Balaban J connectivity index is 1.87. The van der Waals surface area contributed by atoms with E-state index >= 15 is 0 Å². The maximum Gasteiger partial charge on any atom is 0.265 e. The molecule has 8 N–H and O–H groups in total.